The number of nitrogens with zero attached hydrogens (tertiary/aromatic N) is 5. The van der Waals surface area contributed by atoms with E-state index < -0.39 is 0 Å². The van der Waals surface area contributed by atoms with E-state index in [0.29, 0.717) is 6.04 Å². The summed E-state index contributed by atoms with van der Waals surface area (Å²) in [5.74, 6) is 1.84. The van der Waals surface area contributed by atoms with Gasteiger partial charge in [0, 0.05) is 68.0 Å². The van der Waals surface area contributed by atoms with Crippen LogP contribution in [0.25, 0.3) is 11.4 Å². The normalized spacial score (nSPS) is 15.0. The van der Waals surface area contributed by atoms with Crippen LogP contribution in [0.1, 0.15) is 24.2 Å². The molecule has 3 aromatic rings. The molecule has 3 heterocycles. The van der Waals surface area contributed by atoms with Gasteiger partial charge < -0.3 is 10.2 Å². The second-order valence-electron chi connectivity index (χ2n) is 7.22. The van der Waals surface area contributed by atoms with Crippen LogP contribution in [0.5, 0.6) is 0 Å². The summed E-state index contributed by atoms with van der Waals surface area (Å²) in [5, 5.41) is 3.66. The maximum Gasteiger partial charge on any atom is 0.161 e. The molecule has 0 unspecified atom stereocenters. The van der Waals surface area contributed by atoms with Crippen LogP contribution in [0.4, 0.5) is 5.82 Å². The van der Waals surface area contributed by atoms with Gasteiger partial charge in [0.25, 0.3) is 0 Å². The molecule has 0 bridgehead atoms. The van der Waals surface area contributed by atoms with E-state index in [9.17, 15) is 0 Å². The summed E-state index contributed by atoms with van der Waals surface area (Å²) in [6.45, 7) is 4.99. The summed E-state index contributed by atoms with van der Waals surface area (Å²) < 4.78 is 0. The Labute approximate surface area is 166 Å². The lowest BCUT2D eigenvalue weighted by molar-refractivity contribution is 0.415. The lowest BCUT2D eigenvalue weighted by Crippen LogP contribution is -2.43. The Morgan fingerprint density at radius 3 is 2.64 bits per heavy atom. The molecule has 6 nitrogen and oxygen atoms in total. The summed E-state index contributed by atoms with van der Waals surface area (Å²) in [6.07, 6.45) is 8.45. The third kappa shape index (κ3) is 4.70. The molecule has 1 N–H and O–H groups in total. The predicted molar refractivity (Wildman–Crippen MR) is 111 cm³/mol. The average molecular weight is 374 g/mol. The molecule has 144 valence electrons. The van der Waals surface area contributed by atoms with Gasteiger partial charge >= 0.3 is 0 Å². The Hall–Kier alpha value is -2.86. The van der Waals surface area contributed by atoms with Crippen molar-refractivity contribution in [2.24, 2.45) is 0 Å². The molecule has 0 saturated carbocycles. The molecule has 0 spiro atoms. The number of hydrogen-bond donors (Lipinski definition) is 1. The number of anilines is 1. The van der Waals surface area contributed by atoms with Gasteiger partial charge in [0.2, 0.25) is 0 Å². The Morgan fingerprint density at radius 2 is 1.89 bits per heavy atom. The highest BCUT2D eigenvalue weighted by Crippen LogP contribution is 2.22. The predicted octanol–water partition coefficient (Wildman–Crippen LogP) is 3.04. The Morgan fingerprint density at radius 1 is 1.07 bits per heavy atom. The van der Waals surface area contributed by atoms with Gasteiger partial charge in [0.15, 0.2) is 5.82 Å². The first-order valence-electron chi connectivity index (χ1n) is 9.92. The number of aromatic nitrogens is 4. The van der Waals surface area contributed by atoms with Crippen molar-refractivity contribution in [3.63, 3.8) is 0 Å². The minimum atomic E-state index is 0.546. The van der Waals surface area contributed by atoms with Crippen molar-refractivity contribution in [1.29, 1.82) is 0 Å². The number of hydrogen-bond acceptors (Lipinski definition) is 6. The van der Waals surface area contributed by atoms with Gasteiger partial charge in [-0.3, -0.25) is 9.97 Å². The number of rotatable bonds is 6. The van der Waals surface area contributed by atoms with Crippen LogP contribution in [0, 0.1) is 6.92 Å². The number of piperidine rings is 1. The highest BCUT2D eigenvalue weighted by atomic mass is 15.2. The van der Waals surface area contributed by atoms with E-state index in [1.54, 1.807) is 12.4 Å². The minimum Gasteiger partial charge on any atom is -0.356 e. The molecule has 4 rings (SSSR count). The van der Waals surface area contributed by atoms with E-state index in [4.69, 9.17) is 4.98 Å². The van der Waals surface area contributed by atoms with E-state index in [-0.39, 0.29) is 0 Å². The molecular weight excluding hydrogens is 348 g/mol. The zero-order chi connectivity index (χ0) is 19.2. The molecule has 0 atom stereocenters. The van der Waals surface area contributed by atoms with Gasteiger partial charge in [-0.2, -0.15) is 0 Å². The molecule has 0 amide bonds. The van der Waals surface area contributed by atoms with Gasteiger partial charge in [-0.25, -0.2) is 9.97 Å². The van der Waals surface area contributed by atoms with Crippen LogP contribution < -0.4 is 10.2 Å². The Bertz CT molecular complexity index is 876. The first-order valence-corrected chi connectivity index (χ1v) is 9.92. The zero-order valence-corrected chi connectivity index (χ0v) is 16.3. The number of benzene rings is 1. The van der Waals surface area contributed by atoms with E-state index in [1.165, 1.54) is 0 Å². The summed E-state index contributed by atoms with van der Waals surface area (Å²) in [5.41, 5.74) is 3.11. The van der Waals surface area contributed by atoms with E-state index in [1.807, 2.05) is 31.3 Å². The van der Waals surface area contributed by atoms with Gasteiger partial charge in [-0.1, -0.05) is 30.3 Å². The highest BCUT2D eigenvalue weighted by molar-refractivity contribution is 5.57. The molecule has 28 heavy (non-hydrogen) atoms. The molecule has 1 saturated heterocycles. The molecule has 0 radical (unpaired) electrons. The van der Waals surface area contributed by atoms with Gasteiger partial charge in [-0.15, -0.1) is 0 Å². The molecule has 1 aliphatic rings. The van der Waals surface area contributed by atoms with Crippen molar-refractivity contribution >= 4 is 5.82 Å². The second kappa shape index (κ2) is 8.89. The SMILES string of the molecule is Cc1cc(N2CCC(NCCc3cnccn3)CC2)nc(-c2ccccc2)n1. The third-order valence-corrected chi connectivity index (χ3v) is 5.12. The van der Waals surface area contributed by atoms with Gasteiger partial charge in [0.05, 0.1) is 5.69 Å². The van der Waals surface area contributed by atoms with Crippen molar-refractivity contribution in [1.82, 2.24) is 25.3 Å². The smallest absolute Gasteiger partial charge is 0.161 e. The van der Waals surface area contributed by atoms with Crippen molar-refractivity contribution < 1.29 is 0 Å². The van der Waals surface area contributed by atoms with Crippen LogP contribution in [-0.4, -0.2) is 45.6 Å². The highest BCUT2D eigenvalue weighted by Gasteiger charge is 2.20. The topological polar surface area (TPSA) is 66.8 Å². The third-order valence-electron chi connectivity index (χ3n) is 5.12. The van der Waals surface area contributed by atoms with Crippen molar-refractivity contribution in [2.45, 2.75) is 32.2 Å². The van der Waals surface area contributed by atoms with Crippen LogP contribution in [0.3, 0.4) is 0 Å². The first-order chi connectivity index (χ1) is 13.8. The number of aryl methyl sites for hydroxylation is 1. The van der Waals surface area contributed by atoms with Crippen LogP contribution in [0.2, 0.25) is 0 Å². The minimum absolute atomic E-state index is 0.546. The van der Waals surface area contributed by atoms with Crippen LogP contribution >= 0.6 is 0 Å². The quantitative estimate of drug-likeness (QED) is 0.715. The fourth-order valence-electron chi connectivity index (χ4n) is 3.61. The molecule has 0 aliphatic carbocycles. The largest absolute Gasteiger partial charge is 0.356 e. The van der Waals surface area contributed by atoms with E-state index >= 15 is 0 Å². The van der Waals surface area contributed by atoms with E-state index in [2.05, 4.69) is 43.4 Å². The molecule has 1 aliphatic heterocycles. The molecule has 2 aromatic heterocycles. The first kappa shape index (κ1) is 18.5. The van der Waals surface area contributed by atoms with Gasteiger partial charge in [0.1, 0.15) is 5.82 Å². The fraction of sp³-hybridized carbons (Fsp3) is 0.364. The lowest BCUT2D eigenvalue weighted by Gasteiger charge is -2.33. The number of nitrogens with one attached hydrogen (secondary N) is 1. The van der Waals surface area contributed by atoms with Crippen LogP contribution in [0.15, 0.2) is 55.0 Å². The maximum absolute atomic E-state index is 4.83. The fourth-order valence-corrected chi connectivity index (χ4v) is 3.61. The van der Waals surface area contributed by atoms with Crippen molar-refractivity contribution in [3.05, 3.63) is 66.4 Å². The Kier molecular flexibility index (Phi) is 5.87. The monoisotopic (exact) mass is 374 g/mol. The van der Waals surface area contributed by atoms with Crippen molar-refractivity contribution in [2.75, 3.05) is 24.5 Å². The Balaban J connectivity index is 1.33. The molecule has 1 fully saturated rings. The molecule has 6 heteroatoms. The molecular formula is C22H26N6. The van der Waals surface area contributed by atoms with Gasteiger partial charge in [-0.05, 0) is 19.8 Å². The van der Waals surface area contributed by atoms with E-state index in [0.717, 1.165) is 67.5 Å². The summed E-state index contributed by atoms with van der Waals surface area (Å²) in [7, 11) is 0. The standard InChI is InChI=1S/C22H26N6/c1-17-15-21(27-22(26-17)18-5-3-2-4-6-18)28-13-8-19(9-14-28)24-10-7-20-16-23-11-12-25-20/h2-6,11-12,15-16,19,24H,7-10,13-14H2,1H3. The van der Waals surface area contributed by atoms with Crippen LogP contribution in [-0.2, 0) is 6.42 Å². The summed E-state index contributed by atoms with van der Waals surface area (Å²) in [6, 6.07) is 12.8. The second-order valence-corrected chi connectivity index (χ2v) is 7.22. The zero-order valence-electron chi connectivity index (χ0n) is 16.3. The summed E-state index contributed by atoms with van der Waals surface area (Å²) >= 11 is 0. The lowest BCUT2D eigenvalue weighted by atomic mass is 10.0. The summed E-state index contributed by atoms with van der Waals surface area (Å²) in [4.78, 5) is 20.3. The maximum atomic E-state index is 4.83. The average Bonchev–Trinajstić information content (AvgIpc) is 2.75. The van der Waals surface area contributed by atoms with Crippen molar-refractivity contribution in [3.8, 4) is 11.4 Å². The molecule has 1 aromatic carbocycles.